The zero-order valence-electron chi connectivity index (χ0n) is 15.3. The summed E-state index contributed by atoms with van der Waals surface area (Å²) in [5.41, 5.74) is 3.48. The van der Waals surface area contributed by atoms with Crippen LogP contribution in [0.1, 0.15) is 19.4 Å². The Bertz CT molecular complexity index is 829. The molecular weight excluding hydrogens is 350 g/mol. The first kappa shape index (κ1) is 18.9. The minimum absolute atomic E-state index is 0.318. The highest BCUT2D eigenvalue weighted by Crippen LogP contribution is 2.24. The summed E-state index contributed by atoms with van der Waals surface area (Å²) in [5, 5.41) is -0.488. The maximum Gasteiger partial charge on any atom is 0.214 e. The lowest BCUT2D eigenvalue weighted by molar-refractivity contribution is 0.140. The van der Waals surface area contributed by atoms with E-state index in [1.165, 1.54) is 5.56 Å². The molecule has 1 N–H and O–H groups in total. The lowest BCUT2D eigenvalue weighted by Crippen LogP contribution is -2.47. The molecule has 1 fully saturated rings. The van der Waals surface area contributed by atoms with Crippen molar-refractivity contribution >= 4 is 10.0 Å². The first-order valence-electron chi connectivity index (χ1n) is 8.78. The Hall–Kier alpha value is -1.89. The monoisotopic (exact) mass is 375 g/mol. The van der Waals surface area contributed by atoms with Gasteiger partial charge < -0.3 is 9.47 Å². The van der Waals surface area contributed by atoms with Gasteiger partial charge in [0.2, 0.25) is 10.0 Å². The average molecular weight is 375 g/mol. The molecule has 1 saturated heterocycles. The van der Waals surface area contributed by atoms with Gasteiger partial charge in [-0.15, -0.1) is 0 Å². The molecule has 0 amide bonds. The summed E-state index contributed by atoms with van der Waals surface area (Å²) in [7, 11) is -3.36. The first-order valence-corrected chi connectivity index (χ1v) is 10.3. The van der Waals surface area contributed by atoms with Crippen LogP contribution in [0.2, 0.25) is 0 Å². The van der Waals surface area contributed by atoms with Crippen molar-refractivity contribution in [3.05, 3.63) is 54.1 Å². The molecule has 0 radical (unpaired) electrons. The molecular formula is C20H25NO4S. The van der Waals surface area contributed by atoms with Gasteiger partial charge in [-0.1, -0.05) is 42.0 Å². The van der Waals surface area contributed by atoms with Crippen LogP contribution in [-0.4, -0.2) is 39.0 Å². The summed E-state index contributed by atoms with van der Waals surface area (Å²) >= 11 is 0. The Labute approximate surface area is 155 Å². The van der Waals surface area contributed by atoms with E-state index in [4.69, 9.17) is 9.47 Å². The van der Waals surface area contributed by atoms with E-state index in [0.717, 1.165) is 11.1 Å². The van der Waals surface area contributed by atoms with Crippen molar-refractivity contribution in [3.8, 4) is 16.9 Å². The van der Waals surface area contributed by atoms with Gasteiger partial charge in [-0.3, -0.25) is 0 Å². The number of benzene rings is 2. The molecule has 140 valence electrons. The van der Waals surface area contributed by atoms with Crippen LogP contribution in [-0.2, 0) is 14.8 Å². The highest BCUT2D eigenvalue weighted by molar-refractivity contribution is 7.90. The molecule has 2 aromatic carbocycles. The Kier molecular flexibility index (Phi) is 5.65. The van der Waals surface area contributed by atoms with E-state index < -0.39 is 15.3 Å². The van der Waals surface area contributed by atoms with E-state index in [1.54, 1.807) is 13.8 Å². The van der Waals surface area contributed by atoms with E-state index in [2.05, 4.69) is 35.9 Å². The molecule has 0 saturated carbocycles. The highest BCUT2D eigenvalue weighted by atomic mass is 32.2. The normalized spacial score (nSPS) is 20.5. The maximum atomic E-state index is 12.1. The third kappa shape index (κ3) is 4.44. The number of ether oxygens (including phenoxy) is 2. The molecule has 1 aliphatic heterocycles. The van der Waals surface area contributed by atoms with Crippen molar-refractivity contribution in [2.75, 3.05) is 13.2 Å². The van der Waals surface area contributed by atoms with Crippen molar-refractivity contribution in [2.24, 2.45) is 0 Å². The molecule has 2 atom stereocenters. The fourth-order valence-corrected chi connectivity index (χ4v) is 3.67. The fraction of sp³-hybridized carbons (Fsp3) is 0.400. The second-order valence-electron chi connectivity index (χ2n) is 6.90. The van der Waals surface area contributed by atoms with E-state index in [9.17, 15) is 8.42 Å². The summed E-state index contributed by atoms with van der Waals surface area (Å²) in [6.07, 6.45) is -0.339. The Balaban J connectivity index is 1.67. The van der Waals surface area contributed by atoms with Crippen molar-refractivity contribution in [1.29, 1.82) is 0 Å². The molecule has 2 aromatic rings. The minimum atomic E-state index is -3.36. The minimum Gasteiger partial charge on any atom is -0.486 e. The quantitative estimate of drug-likeness (QED) is 0.842. The van der Waals surface area contributed by atoms with Crippen molar-refractivity contribution in [3.63, 3.8) is 0 Å². The predicted molar refractivity (Wildman–Crippen MR) is 103 cm³/mol. The van der Waals surface area contributed by atoms with Crippen molar-refractivity contribution < 1.29 is 17.9 Å². The molecule has 1 heterocycles. The Morgan fingerprint density at radius 1 is 1.00 bits per heavy atom. The topological polar surface area (TPSA) is 64.6 Å². The van der Waals surface area contributed by atoms with Crippen LogP contribution in [0.4, 0.5) is 0 Å². The molecule has 0 aromatic heterocycles. The number of nitrogens with one attached hydrogen (secondary N) is 1. The molecule has 5 nitrogen and oxygen atoms in total. The largest absolute Gasteiger partial charge is 0.486 e. The van der Waals surface area contributed by atoms with Gasteiger partial charge in [0.1, 0.15) is 11.9 Å². The van der Waals surface area contributed by atoms with Crippen LogP contribution in [0.15, 0.2) is 48.5 Å². The third-order valence-corrected chi connectivity index (χ3v) is 6.36. The Morgan fingerprint density at radius 3 is 2.15 bits per heavy atom. The highest BCUT2D eigenvalue weighted by Gasteiger charge is 2.34. The van der Waals surface area contributed by atoms with Crippen LogP contribution in [0.5, 0.6) is 5.75 Å². The average Bonchev–Trinajstić information content (AvgIpc) is 3.02. The summed E-state index contributed by atoms with van der Waals surface area (Å²) in [4.78, 5) is 0. The standard InChI is InChI=1S/C20H25NO4S/c1-14(2)26(22,23)21-19-12-24-13-20(19)25-18-10-8-17(9-11-18)16-6-4-15(3)5-7-16/h4-11,14,19-21H,12-13H2,1-3H3/t19-,20+/m1/s1. The number of rotatable bonds is 6. The second-order valence-corrected chi connectivity index (χ2v) is 9.17. The number of hydrogen-bond donors (Lipinski definition) is 1. The molecule has 6 heteroatoms. The molecule has 0 spiro atoms. The van der Waals surface area contributed by atoms with Crippen LogP contribution in [0, 0.1) is 6.92 Å². The van der Waals surface area contributed by atoms with Crippen LogP contribution < -0.4 is 9.46 Å². The summed E-state index contributed by atoms with van der Waals surface area (Å²) in [6.45, 7) is 6.05. The van der Waals surface area contributed by atoms with Gasteiger partial charge in [0, 0.05) is 0 Å². The van der Waals surface area contributed by atoms with Crippen LogP contribution in [0.3, 0.4) is 0 Å². The van der Waals surface area contributed by atoms with Gasteiger partial charge >= 0.3 is 0 Å². The first-order chi connectivity index (χ1) is 12.3. The smallest absolute Gasteiger partial charge is 0.214 e. The van der Waals surface area contributed by atoms with Gasteiger partial charge in [0.25, 0.3) is 0 Å². The van der Waals surface area contributed by atoms with E-state index in [1.807, 2.05) is 24.3 Å². The van der Waals surface area contributed by atoms with Crippen LogP contribution in [0.25, 0.3) is 11.1 Å². The van der Waals surface area contributed by atoms with Crippen LogP contribution >= 0.6 is 0 Å². The maximum absolute atomic E-state index is 12.1. The molecule has 0 unspecified atom stereocenters. The zero-order chi connectivity index (χ0) is 18.7. The van der Waals surface area contributed by atoms with E-state index in [0.29, 0.717) is 19.0 Å². The second kappa shape index (κ2) is 7.78. The van der Waals surface area contributed by atoms with Gasteiger partial charge in [-0.05, 0) is 44.0 Å². The van der Waals surface area contributed by atoms with Gasteiger partial charge in [0.15, 0.2) is 0 Å². The van der Waals surface area contributed by atoms with E-state index in [-0.39, 0.29) is 12.1 Å². The summed E-state index contributed by atoms with van der Waals surface area (Å²) in [6, 6.07) is 15.8. The van der Waals surface area contributed by atoms with Gasteiger partial charge in [0.05, 0.1) is 24.5 Å². The van der Waals surface area contributed by atoms with Gasteiger partial charge in [-0.25, -0.2) is 13.1 Å². The molecule has 3 rings (SSSR count). The summed E-state index contributed by atoms with van der Waals surface area (Å²) in [5.74, 6) is 0.699. The van der Waals surface area contributed by atoms with E-state index >= 15 is 0 Å². The third-order valence-electron chi connectivity index (χ3n) is 4.49. The molecule has 0 bridgehead atoms. The van der Waals surface area contributed by atoms with Crippen molar-refractivity contribution in [2.45, 2.75) is 38.2 Å². The molecule has 1 aliphatic rings. The zero-order valence-corrected chi connectivity index (χ0v) is 16.1. The number of sulfonamides is 1. The summed E-state index contributed by atoms with van der Waals surface area (Å²) < 4.78 is 38.3. The Morgan fingerprint density at radius 2 is 1.58 bits per heavy atom. The number of aryl methyl sites for hydroxylation is 1. The number of hydrogen-bond acceptors (Lipinski definition) is 4. The SMILES string of the molecule is Cc1ccc(-c2ccc(O[C@H]3COC[C@H]3NS(=O)(=O)C(C)C)cc2)cc1. The molecule has 0 aliphatic carbocycles. The predicted octanol–water partition coefficient (Wildman–Crippen LogP) is 3.14. The fourth-order valence-electron chi connectivity index (χ4n) is 2.75. The lowest BCUT2D eigenvalue weighted by atomic mass is 10.0. The lowest BCUT2D eigenvalue weighted by Gasteiger charge is -2.21. The van der Waals surface area contributed by atoms with Gasteiger partial charge in [-0.2, -0.15) is 0 Å². The van der Waals surface area contributed by atoms with Crippen molar-refractivity contribution in [1.82, 2.24) is 4.72 Å². The molecule has 26 heavy (non-hydrogen) atoms.